The maximum Gasteiger partial charge on any atom is 0.240 e. The minimum Gasteiger partial charge on any atom is -0.301 e. The SMILES string of the molecule is Cc1csc(NC(=O)CN2CC(n3nc(C)cc3C)C2)n1. The van der Waals surface area contributed by atoms with Gasteiger partial charge in [0.15, 0.2) is 5.13 Å². The summed E-state index contributed by atoms with van der Waals surface area (Å²) in [6, 6.07) is 2.47. The summed E-state index contributed by atoms with van der Waals surface area (Å²) in [5.74, 6) is -0.00355. The van der Waals surface area contributed by atoms with Gasteiger partial charge in [0.25, 0.3) is 0 Å². The summed E-state index contributed by atoms with van der Waals surface area (Å²) in [6.45, 7) is 8.14. The molecule has 0 atom stereocenters. The number of rotatable bonds is 4. The van der Waals surface area contributed by atoms with E-state index in [4.69, 9.17) is 0 Å². The van der Waals surface area contributed by atoms with E-state index in [1.165, 1.54) is 17.0 Å². The van der Waals surface area contributed by atoms with E-state index in [1.807, 2.05) is 19.2 Å². The maximum absolute atomic E-state index is 11.9. The minimum absolute atomic E-state index is 0.00355. The molecule has 1 fully saturated rings. The van der Waals surface area contributed by atoms with Gasteiger partial charge in [0.05, 0.1) is 24.0 Å². The number of likely N-dealkylation sites (tertiary alicyclic amines) is 1. The first-order valence-electron chi connectivity index (χ1n) is 6.98. The predicted octanol–water partition coefficient (Wildman–Crippen LogP) is 1.76. The van der Waals surface area contributed by atoms with Crippen LogP contribution in [0.4, 0.5) is 5.13 Å². The monoisotopic (exact) mass is 305 g/mol. The standard InChI is InChI=1S/C14H19N5OS/c1-9-4-11(3)19(17-9)12-5-18(6-12)7-13(20)16-14-15-10(2)8-21-14/h4,8,12H,5-7H2,1-3H3,(H,15,16,20). The number of hydrogen-bond donors (Lipinski definition) is 1. The van der Waals surface area contributed by atoms with Crippen molar-refractivity contribution in [3.8, 4) is 0 Å². The molecular formula is C14H19N5OS. The zero-order chi connectivity index (χ0) is 15.0. The first-order chi connectivity index (χ1) is 10.0. The van der Waals surface area contributed by atoms with Gasteiger partial charge in [-0.2, -0.15) is 5.10 Å². The Morgan fingerprint density at radius 3 is 2.71 bits per heavy atom. The topological polar surface area (TPSA) is 63.1 Å². The van der Waals surface area contributed by atoms with E-state index in [0.29, 0.717) is 17.7 Å². The molecule has 2 aromatic heterocycles. The molecule has 21 heavy (non-hydrogen) atoms. The van der Waals surface area contributed by atoms with Crippen LogP contribution in [0.5, 0.6) is 0 Å². The van der Waals surface area contributed by atoms with Crippen LogP contribution in [-0.2, 0) is 4.79 Å². The van der Waals surface area contributed by atoms with Crippen LogP contribution in [0.15, 0.2) is 11.4 Å². The van der Waals surface area contributed by atoms with Gasteiger partial charge < -0.3 is 5.32 Å². The second-order valence-electron chi connectivity index (χ2n) is 5.56. The number of carbonyl (C=O) groups excluding carboxylic acids is 1. The van der Waals surface area contributed by atoms with Crippen molar-refractivity contribution in [3.63, 3.8) is 0 Å². The molecule has 1 N–H and O–H groups in total. The third-order valence-electron chi connectivity index (χ3n) is 3.56. The molecule has 1 saturated heterocycles. The molecule has 2 aromatic rings. The summed E-state index contributed by atoms with van der Waals surface area (Å²) in [7, 11) is 0. The molecule has 7 heteroatoms. The van der Waals surface area contributed by atoms with Crippen LogP contribution in [0.1, 0.15) is 23.1 Å². The van der Waals surface area contributed by atoms with E-state index in [2.05, 4.69) is 38.0 Å². The van der Waals surface area contributed by atoms with Gasteiger partial charge in [0.2, 0.25) is 5.91 Å². The van der Waals surface area contributed by atoms with Gasteiger partial charge in [0, 0.05) is 24.2 Å². The van der Waals surface area contributed by atoms with Crippen molar-refractivity contribution in [2.45, 2.75) is 26.8 Å². The molecule has 3 heterocycles. The highest BCUT2D eigenvalue weighted by Crippen LogP contribution is 2.22. The van der Waals surface area contributed by atoms with Crippen LogP contribution in [0.25, 0.3) is 0 Å². The molecule has 0 aliphatic carbocycles. The largest absolute Gasteiger partial charge is 0.301 e. The third kappa shape index (κ3) is 3.14. The van der Waals surface area contributed by atoms with E-state index >= 15 is 0 Å². The summed E-state index contributed by atoms with van der Waals surface area (Å²) >= 11 is 1.46. The average molecular weight is 305 g/mol. The van der Waals surface area contributed by atoms with E-state index in [0.717, 1.165) is 24.5 Å². The predicted molar refractivity (Wildman–Crippen MR) is 82.7 cm³/mol. The molecule has 0 aromatic carbocycles. The van der Waals surface area contributed by atoms with Crippen LogP contribution in [-0.4, -0.2) is 45.2 Å². The number of thiazole rings is 1. The number of aryl methyl sites for hydroxylation is 3. The smallest absolute Gasteiger partial charge is 0.240 e. The molecule has 6 nitrogen and oxygen atoms in total. The quantitative estimate of drug-likeness (QED) is 0.935. The summed E-state index contributed by atoms with van der Waals surface area (Å²) in [5.41, 5.74) is 3.16. The lowest BCUT2D eigenvalue weighted by atomic mass is 10.1. The van der Waals surface area contributed by atoms with E-state index in [-0.39, 0.29) is 5.91 Å². The molecular weight excluding hydrogens is 286 g/mol. The zero-order valence-corrected chi connectivity index (χ0v) is 13.3. The Morgan fingerprint density at radius 1 is 1.38 bits per heavy atom. The van der Waals surface area contributed by atoms with Crippen molar-refractivity contribution in [3.05, 3.63) is 28.5 Å². The van der Waals surface area contributed by atoms with Crippen molar-refractivity contribution < 1.29 is 4.79 Å². The molecule has 3 rings (SSSR count). The van der Waals surface area contributed by atoms with Crippen molar-refractivity contribution >= 4 is 22.4 Å². The fraction of sp³-hybridized carbons (Fsp3) is 0.500. The molecule has 0 bridgehead atoms. The van der Waals surface area contributed by atoms with Crippen LogP contribution < -0.4 is 5.32 Å². The van der Waals surface area contributed by atoms with Gasteiger partial charge in [-0.25, -0.2) is 4.98 Å². The number of anilines is 1. The van der Waals surface area contributed by atoms with Gasteiger partial charge in [-0.15, -0.1) is 11.3 Å². The van der Waals surface area contributed by atoms with Gasteiger partial charge >= 0.3 is 0 Å². The van der Waals surface area contributed by atoms with Crippen molar-refractivity contribution in [1.82, 2.24) is 19.7 Å². The van der Waals surface area contributed by atoms with E-state index < -0.39 is 0 Å². The lowest BCUT2D eigenvalue weighted by Gasteiger charge is -2.39. The first-order valence-corrected chi connectivity index (χ1v) is 7.86. The van der Waals surface area contributed by atoms with Crippen molar-refractivity contribution in [1.29, 1.82) is 0 Å². The Bertz CT molecular complexity index is 656. The summed E-state index contributed by atoms with van der Waals surface area (Å²) in [4.78, 5) is 18.3. The highest BCUT2D eigenvalue weighted by molar-refractivity contribution is 7.13. The summed E-state index contributed by atoms with van der Waals surface area (Å²) in [5, 5.41) is 9.94. The van der Waals surface area contributed by atoms with Crippen molar-refractivity contribution in [2.75, 3.05) is 25.0 Å². The van der Waals surface area contributed by atoms with Crippen LogP contribution >= 0.6 is 11.3 Å². The van der Waals surface area contributed by atoms with Gasteiger partial charge in [-0.3, -0.25) is 14.4 Å². The van der Waals surface area contributed by atoms with Crippen molar-refractivity contribution in [2.24, 2.45) is 0 Å². The second-order valence-corrected chi connectivity index (χ2v) is 6.42. The molecule has 0 spiro atoms. The Balaban J connectivity index is 1.48. The van der Waals surface area contributed by atoms with Gasteiger partial charge in [-0.1, -0.05) is 0 Å². The zero-order valence-electron chi connectivity index (χ0n) is 12.5. The third-order valence-corrected chi connectivity index (χ3v) is 4.44. The fourth-order valence-corrected chi connectivity index (χ4v) is 3.32. The fourth-order valence-electron chi connectivity index (χ4n) is 2.62. The number of aromatic nitrogens is 3. The van der Waals surface area contributed by atoms with E-state index in [9.17, 15) is 4.79 Å². The lowest BCUT2D eigenvalue weighted by molar-refractivity contribution is -0.118. The Hall–Kier alpha value is -1.73. The van der Waals surface area contributed by atoms with Crippen LogP contribution in [0, 0.1) is 20.8 Å². The van der Waals surface area contributed by atoms with Crippen LogP contribution in [0.2, 0.25) is 0 Å². The highest BCUT2D eigenvalue weighted by Gasteiger charge is 2.30. The number of hydrogen-bond acceptors (Lipinski definition) is 5. The summed E-state index contributed by atoms with van der Waals surface area (Å²) in [6.07, 6.45) is 0. The van der Waals surface area contributed by atoms with Crippen LogP contribution in [0.3, 0.4) is 0 Å². The van der Waals surface area contributed by atoms with Gasteiger partial charge in [0.1, 0.15) is 0 Å². The van der Waals surface area contributed by atoms with Gasteiger partial charge in [-0.05, 0) is 26.8 Å². The highest BCUT2D eigenvalue weighted by atomic mass is 32.1. The second kappa shape index (κ2) is 5.57. The molecule has 1 aliphatic heterocycles. The molecule has 1 aliphatic rings. The normalized spacial score (nSPS) is 16.0. The number of nitrogens with zero attached hydrogens (tertiary/aromatic N) is 4. The minimum atomic E-state index is -0.00355. The Labute approximate surface area is 127 Å². The molecule has 0 saturated carbocycles. The Morgan fingerprint density at radius 2 is 2.14 bits per heavy atom. The first kappa shape index (κ1) is 14.2. The molecule has 0 unspecified atom stereocenters. The Kier molecular flexibility index (Phi) is 3.77. The number of amides is 1. The van der Waals surface area contributed by atoms with E-state index in [1.54, 1.807) is 0 Å². The molecule has 0 radical (unpaired) electrons. The maximum atomic E-state index is 11.9. The average Bonchev–Trinajstić information content (AvgIpc) is 2.89. The molecule has 1 amide bonds. The molecule has 112 valence electrons. The summed E-state index contributed by atoms with van der Waals surface area (Å²) < 4.78 is 2.06. The lowest BCUT2D eigenvalue weighted by Crippen LogP contribution is -2.51. The number of carbonyl (C=O) groups is 1. The number of nitrogens with one attached hydrogen (secondary N) is 1.